The minimum atomic E-state index is -0.472. The molecule has 1 unspecified atom stereocenters. The Morgan fingerprint density at radius 3 is 2.60 bits per heavy atom. The highest BCUT2D eigenvalue weighted by molar-refractivity contribution is 5.75. The Bertz CT molecular complexity index is 733. The molecule has 1 saturated heterocycles. The van der Waals surface area contributed by atoms with Crippen molar-refractivity contribution in [3.8, 4) is 0 Å². The van der Waals surface area contributed by atoms with Crippen molar-refractivity contribution in [2.75, 3.05) is 31.1 Å². The van der Waals surface area contributed by atoms with Gasteiger partial charge in [0.25, 0.3) is 0 Å². The van der Waals surface area contributed by atoms with Crippen LogP contribution in [0, 0.1) is 11.6 Å². The molecule has 2 aromatic rings. The molecule has 1 atom stereocenters. The van der Waals surface area contributed by atoms with Gasteiger partial charge in [-0.3, -0.25) is 4.98 Å². The van der Waals surface area contributed by atoms with Crippen LogP contribution in [0.5, 0.6) is 0 Å². The lowest BCUT2D eigenvalue weighted by Crippen LogP contribution is -2.52. The van der Waals surface area contributed by atoms with Gasteiger partial charge in [0.15, 0.2) is 0 Å². The maximum atomic E-state index is 13.9. The quantitative estimate of drug-likeness (QED) is 0.930. The number of nitrogens with one attached hydrogen (secondary N) is 1. The van der Waals surface area contributed by atoms with Crippen LogP contribution in [0.3, 0.4) is 0 Å². The second-order valence-corrected chi connectivity index (χ2v) is 6.00. The number of hydrogen-bond donors (Lipinski definition) is 1. The van der Waals surface area contributed by atoms with Crippen molar-refractivity contribution in [2.45, 2.75) is 13.0 Å². The zero-order valence-corrected chi connectivity index (χ0v) is 14.0. The fraction of sp³-hybridized carbons (Fsp3) is 0.333. The van der Waals surface area contributed by atoms with Gasteiger partial charge in [0.2, 0.25) is 0 Å². The van der Waals surface area contributed by atoms with Crippen molar-refractivity contribution in [1.82, 2.24) is 15.2 Å². The van der Waals surface area contributed by atoms with E-state index in [2.05, 4.69) is 10.3 Å². The summed E-state index contributed by atoms with van der Waals surface area (Å²) in [4.78, 5) is 20.0. The van der Waals surface area contributed by atoms with Gasteiger partial charge in [-0.2, -0.15) is 0 Å². The third kappa shape index (κ3) is 4.04. The lowest BCUT2D eigenvalue weighted by atomic mass is 10.2. The molecular formula is C18H20F2N4O. The van der Waals surface area contributed by atoms with E-state index in [0.29, 0.717) is 26.2 Å². The second-order valence-electron chi connectivity index (χ2n) is 6.00. The standard InChI is InChI=1S/C18H20F2N4O/c1-13(16-4-2-3-7-21-16)22-18(25)24-10-8-23(9-11-24)17-12-14(19)5-6-15(17)20/h2-7,12-13H,8-11H2,1H3,(H,22,25). The van der Waals surface area contributed by atoms with Crippen LogP contribution >= 0.6 is 0 Å². The van der Waals surface area contributed by atoms with Gasteiger partial charge in [-0.15, -0.1) is 0 Å². The molecular weight excluding hydrogens is 326 g/mol. The van der Waals surface area contributed by atoms with Crippen LogP contribution in [0.2, 0.25) is 0 Å². The van der Waals surface area contributed by atoms with Crippen LogP contribution in [0.1, 0.15) is 18.7 Å². The topological polar surface area (TPSA) is 48.5 Å². The maximum Gasteiger partial charge on any atom is 0.318 e. The first-order valence-electron chi connectivity index (χ1n) is 8.21. The summed E-state index contributed by atoms with van der Waals surface area (Å²) in [5.41, 5.74) is 1.03. The third-order valence-electron chi connectivity index (χ3n) is 4.29. The zero-order chi connectivity index (χ0) is 17.8. The van der Waals surface area contributed by atoms with Gasteiger partial charge in [0.05, 0.1) is 17.4 Å². The number of pyridine rings is 1. The fourth-order valence-corrected chi connectivity index (χ4v) is 2.86. The van der Waals surface area contributed by atoms with E-state index < -0.39 is 11.6 Å². The molecule has 0 aliphatic carbocycles. The number of anilines is 1. The van der Waals surface area contributed by atoms with Gasteiger partial charge >= 0.3 is 6.03 Å². The number of piperazine rings is 1. The number of urea groups is 1. The summed E-state index contributed by atoms with van der Waals surface area (Å²) in [6.45, 7) is 3.66. The SMILES string of the molecule is CC(NC(=O)N1CCN(c2cc(F)ccc2F)CC1)c1ccccn1. The monoisotopic (exact) mass is 346 g/mol. The van der Waals surface area contributed by atoms with Gasteiger partial charge in [0.1, 0.15) is 11.6 Å². The van der Waals surface area contributed by atoms with Gasteiger partial charge < -0.3 is 15.1 Å². The average molecular weight is 346 g/mol. The van der Waals surface area contributed by atoms with Crippen LogP contribution in [0.25, 0.3) is 0 Å². The summed E-state index contributed by atoms with van der Waals surface area (Å²) in [5, 5.41) is 2.91. The molecule has 7 heteroatoms. The van der Waals surface area contributed by atoms with E-state index >= 15 is 0 Å². The van der Waals surface area contributed by atoms with Crippen molar-refractivity contribution in [3.05, 3.63) is 59.9 Å². The van der Waals surface area contributed by atoms with E-state index in [9.17, 15) is 13.6 Å². The molecule has 1 fully saturated rings. The van der Waals surface area contributed by atoms with Crippen molar-refractivity contribution in [3.63, 3.8) is 0 Å². The third-order valence-corrected chi connectivity index (χ3v) is 4.29. The van der Waals surface area contributed by atoms with Crippen LogP contribution < -0.4 is 10.2 Å². The number of aromatic nitrogens is 1. The number of hydrogen-bond acceptors (Lipinski definition) is 3. The normalized spacial score (nSPS) is 15.8. The molecule has 1 aliphatic rings. The highest BCUT2D eigenvalue weighted by Gasteiger charge is 2.24. The number of carbonyl (C=O) groups is 1. The first-order valence-corrected chi connectivity index (χ1v) is 8.21. The molecule has 0 bridgehead atoms. The molecule has 1 aliphatic heterocycles. The minimum absolute atomic E-state index is 0.183. The van der Waals surface area contributed by atoms with Crippen molar-refractivity contribution in [1.29, 1.82) is 0 Å². The molecule has 0 saturated carbocycles. The molecule has 132 valence electrons. The molecule has 1 aromatic heterocycles. The summed E-state index contributed by atoms with van der Waals surface area (Å²) in [6, 6.07) is 8.58. The molecule has 1 aromatic carbocycles. The minimum Gasteiger partial charge on any atom is -0.366 e. The Kier molecular flexibility index (Phi) is 5.11. The second kappa shape index (κ2) is 7.46. The van der Waals surface area contributed by atoms with E-state index in [1.54, 1.807) is 16.0 Å². The fourth-order valence-electron chi connectivity index (χ4n) is 2.86. The molecule has 0 spiro atoms. The number of amides is 2. The Balaban J connectivity index is 1.57. The Labute approximate surface area is 145 Å². The Morgan fingerprint density at radius 2 is 1.92 bits per heavy atom. The Morgan fingerprint density at radius 1 is 1.16 bits per heavy atom. The summed E-state index contributed by atoms with van der Waals surface area (Å²) in [5.74, 6) is -0.927. The van der Waals surface area contributed by atoms with Gasteiger partial charge in [-0.1, -0.05) is 6.07 Å². The number of nitrogens with zero attached hydrogens (tertiary/aromatic N) is 3. The van der Waals surface area contributed by atoms with Crippen molar-refractivity contribution >= 4 is 11.7 Å². The first kappa shape index (κ1) is 17.1. The highest BCUT2D eigenvalue weighted by atomic mass is 19.1. The first-order chi connectivity index (χ1) is 12.0. The molecule has 2 heterocycles. The zero-order valence-electron chi connectivity index (χ0n) is 14.0. The van der Waals surface area contributed by atoms with E-state index in [0.717, 1.165) is 17.8 Å². The van der Waals surface area contributed by atoms with Crippen LogP contribution in [0.4, 0.5) is 19.3 Å². The van der Waals surface area contributed by atoms with Gasteiger partial charge in [0, 0.05) is 38.4 Å². The van der Waals surface area contributed by atoms with Crippen LogP contribution in [-0.4, -0.2) is 42.1 Å². The smallest absolute Gasteiger partial charge is 0.318 e. The maximum absolute atomic E-state index is 13.9. The predicted molar refractivity (Wildman–Crippen MR) is 91.3 cm³/mol. The molecule has 3 rings (SSSR count). The molecule has 5 nitrogen and oxygen atoms in total. The largest absolute Gasteiger partial charge is 0.366 e. The lowest BCUT2D eigenvalue weighted by Gasteiger charge is -2.36. The molecule has 25 heavy (non-hydrogen) atoms. The number of benzene rings is 1. The van der Waals surface area contributed by atoms with E-state index in [-0.39, 0.29) is 17.8 Å². The molecule has 0 radical (unpaired) electrons. The van der Waals surface area contributed by atoms with Crippen LogP contribution in [-0.2, 0) is 0 Å². The Hall–Kier alpha value is -2.70. The predicted octanol–water partition coefficient (Wildman–Crippen LogP) is 2.95. The number of carbonyl (C=O) groups excluding carboxylic acids is 1. The van der Waals surface area contributed by atoms with E-state index in [4.69, 9.17) is 0 Å². The van der Waals surface area contributed by atoms with Crippen molar-refractivity contribution < 1.29 is 13.6 Å². The number of rotatable bonds is 3. The summed E-state index contributed by atoms with van der Waals surface area (Å²) >= 11 is 0. The lowest BCUT2D eigenvalue weighted by molar-refractivity contribution is 0.191. The van der Waals surface area contributed by atoms with Gasteiger partial charge in [-0.25, -0.2) is 13.6 Å². The van der Waals surface area contributed by atoms with Crippen molar-refractivity contribution in [2.24, 2.45) is 0 Å². The molecule has 1 N–H and O–H groups in total. The van der Waals surface area contributed by atoms with Gasteiger partial charge in [-0.05, 0) is 31.2 Å². The van der Waals surface area contributed by atoms with E-state index in [1.165, 1.54) is 6.07 Å². The summed E-state index contributed by atoms with van der Waals surface area (Å²) in [6.07, 6.45) is 1.68. The average Bonchev–Trinajstić information content (AvgIpc) is 2.64. The van der Waals surface area contributed by atoms with Crippen LogP contribution in [0.15, 0.2) is 42.6 Å². The highest BCUT2D eigenvalue weighted by Crippen LogP contribution is 2.22. The number of halogens is 2. The summed E-state index contributed by atoms with van der Waals surface area (Å²) in [7, 11) is 0. The molecule has 2 amide bonds. The van der Waals surface area contributed by atoms with E-state index in [1.807, 2.05) is 25.1 Å². The summed E-state index contributed by atoms with van der Waals surface area (Å²) < 4.78 is 27.2.